The molecule has 0 spiro atoms. The number of unbranched alkanes of at least 4 members (excludes halogenated alkanes) is 2. The summed E-state index contributed by atoms with van der Waals surface area (Å²) in [6, 6.07) is 7.59. The average molecular weight is 513 g/mol. The first-order valence-corrected chi connectivity index (χ1v) is 11.4. The van der Waals surface area contributed by atoms with E-state index >= 15 is 0 Å². The highest BCUT2D eigenvalue weighted by molar-refractivity contribution is 14.1. The smallest absolute Gasteiger partial charge is 0.469 e. The molecule has 0 aliphatic rings. The molecule has 5 N–H and O–H groups in total. The second kappa shape index (κ2) is 12.2. The number of allylic oxidation sites excluding steroid dienone is 1. The van der Waals surface area contributed by atoms with Crippen LogP contribution in [0, 0.1) is 0 Å². The lowest BCUT2D eigenvalue weighted by molar-refractivity contribution is 0.102. The number of aliphatic hydroxyl groups excluding tert-OH is 1. The largest absolute Gasteiger partial charge is 0.494 e. The molecule has 7 nitrogen and oxygen atoms in total. The van der Waals surface area contributed by atoms with Gasteiger partial charge in [0.25, 0.3) is 0 Å². The van der Waals surface area contributed by atoms with Crippen LogP contribution in [0.4, 0.5) is 0 Å². The van der Waals surface area contributed by atoms with E-state index in [0.717, 1.165) is 37.0 Å². The quantitative estimate of drug-likeness (QED) is 0.171. The number of ether oxygens (including phenoxy) is 1. The highest BCUT2D eigenvalue weighted by atomic mass is 127. The van der Waals surface area contributed by atoms with E-state index in [0.29, 0.717) is 19.4 Å². The van der Waals surface area contributed by atoms with Crippen molar-refractivity contribution in [2.45, 2.75) is 44.1 Å². The standard InChI is InChI=1S/C18H29INO6P/c1-15(19)5-3-2-4-12-25-17-8-6-16(7-9-17)10-11-18(20,13-21)14-26-27(22,23)24/h6-9,21H,1-5,10-14,20H2,(H2,22,23,24). The number of benzene rings is 1. The molecule has 1 unspecified atom stereocenters. The fourth-order valence-corrected chi connectivity index (χ4v) is 3.15. The molecule has 0 amide bonds. The van der Waals surface area contributed by atoms with Crippen molar-refractivity contribution in [3.8, 4) is 5.75 Å². The number of hydrogen-bond acceptors (Lipinski definition) is 5. The highest BCUT2D eigenvalue weighted by Gasteiger charge is 2.28. The van der Waals surface area contributed by atoms with Gasteiger partial charge >= 0.3 is 7.82 Å². The van der Waals surface area contributed by atoms with Gasteiger partial charge in [-0.3, -0.25) is 4.52 Å². The molecule has 0 aliphatic heterocycles. The minimum Gasteiger partial charge on any atom is -0.494 e. The number of phosphoric ester groups is 1. The summed E-state index contributed by atoms with van der Waals surface area (Å²) in [5, 5.41) is 9.41. The van der Waals surface area contributed by atoms with Crippen LogP contribution in [-0.4, -0.2) is 40.3 Å². The Morgan fingerprint density at radius 3 is 2.44 bits per heavy atom. The van der Waals surface area contributed by atoms with Crippen LogP contribution < -0.4 is 10.5 Å². The molecule has 0 aromatic heterocycles. The third-order valence-electron chi connectivity index (χ3n) is 4.03. The first-order chi connectivity index (χ1) is 12.6. The van der Waals surface area contributed by atoms with E-state index in [-0.39, 0.29) is 0 Å². The van der Waals surface area contributed by atoms with Gasteiger partial charge in [0.2, 0.25) is 0 Å². The zero-order chi connectivity index (χ0) is 20.3. The second-order valence-corrected chi connectivity index (χ2v) is 9.37. The summed E-state index contributed by atoms with van der Waals surface area (Å²) >= 11 is 2.25. The van der Waals surface area contributed by atoms with Crippen molar-refractivity contribution < 1.29 is 28.7 Å². The van der Waals surface area contributed by atoms with Gasteiger partial charge in [0, 0.05) is 0 Å². The number of halogens is 1. The number of phosphoric acid groups is 1. The highest BCUT2D eigenvalue weighted by Crippen LogP contribution is 2.36. The minimum absolute atomic E-state index is 0.325. The summed E-state index contributed by atoms with van der Waals surface area (Å²) in [7, 11) is -4.61. The Labute approximate surface area is 174 Å². The SMILES string of the molecule is C=C(I)CCCCCOc1ccc(CCC(N)(CO)COP(=O)(O)O)cc1. The molecule has 154 valence electrons. The van der Waals surface area contributed by atoms with Gasteiger partial charge in [-0.15, -0.1) is 0 Å². The molecule has 1 aromatic carbocycles. The minimum atomic E-state index is -4.61. The molecule has 0 radical (unpaired) electrons. The Hall–Kier alpha value is -0.480. The van der Waals surface area contributed by atoms with Gasteiger partial charge in [-0.05, 0) is 82.4 Å². The van der Waals surface area contributed by atoms with Crippen molar-refractivity contribution in [3.63, 3.8) is 0 Å². The summed E-state index contributed by atoms with van der Waals surface area (Å²) in [5.41, 5.74) is 5.74. The lowest BCUT2D eigenvalue weighted by Crippen LogP contribution is -2.48. The molecule has 0 saturated heterocycles. The number of nitrogens with two attached hydrogens (primary N) is 1. The fraction of sp³-hybridized carbons (Fsp3) is 0.556. The molecule has 27 heavy (non-hydrogen) atoms. The third-order valence-corrected chi connectivity index (χ3v) is 5.04. The Morgan fingerprint density at radius 2 is 1.89 bits per heavy atom. The van der Waals surface area contributed by atoms with Crippen LogP contribution in [0.1, 0.15) is 37.7 Å². The maximum Gasteiger partial charge on any atom is 0.469 e. The first-order valence-electron chi connectivity index (χ1n) is 8.78. The second-order valence-electron chi connectivity index (χ2n) is 6.60. The van der Waals surface area contributed by atoms with Crippen molar-refractivity contribution in [1.82, 2.24) is 0 Å². The van der Waals surface area contributed by atoms with E-state index in [1.807, 2.05) is 24.3 Å². The Kier molecular flexibility index (Phi) is 11.1. The molecule has 1 atom stereocenters. The Morgan fingerprint density at radius 1 is 1.22 bits per heavy atom. The number of aliphatic hydroxyl groups is 1. The van der Waals surface area contributed by atoms with Gasteiger partial charge in [0.1, 0.15) is 5.75 Å². The van der Waals surface area contributed by atoms with Gasteiger partial charge in [0.05, 0.1) is 25.4 Å². The zero-order valence-electron chi connectivity index (χ0n) is 15.3. The summed E-state index contributed by atoms with van der Waals surface area (Å²) in [6.07, 6.45) is 5.15. The molecule has 0 aliphatic carbocycles. The van der Waals surface area contributed by atoms with Crippen LogP contribution in [0.15, 0.2) is 34.4 Å². The molecule has 0 saturated carbocycles. The average Bonchev–Trinajstić information content (AvgIpc) is 2.61. The molecular weight excluding hydrogens is 484 g/mol. The summed E-state index contributed by atoms with van der Waals surface area (Å²) in [5.74, 6) is 0.794. The predicted molar refractivity (Wildman–Crippen MR) is 114 cm³/mol. The van der Waals surface area contributed by atoms with Crippen LogP contribution in [0.25, 0.3) is 0 Å². The zero-order valence-corrected chi connectivity index (χ0v) is 18.4. The number of hydrogen-bond donors (Lipinski definition) is 4. The van der Waals surface area contributed by atoms with Gasteiger partial charge in [0.15, 0.2) is 0 Å². The van der Waals surface area contributed by atoms with Crippen molar-refractivity contribution in [2.24, 2.45) is 5.73 Å². The maximum atomic E-state index is 10.8. The normalized spacial score (nSPS) is 14.0. The lowest BCUT2D eigenvalue weighted by atomic mass is 9.94. The topological polar surface area (TPSA) is 122 Å². The third kappa shape index (κ3) is 11.8. The maximum absolute atomic E-state index is 10.8. The van der Waals surface area contributed by atoms with Crippen LogP contribution in [0.3, 0.4) is 0 Å². The predicted octanol–water partition coefficient (Wildman–Crippen LogP) is 3.31. The molecule has 0 bridgehead atoms. The number of rotatable bonds is 14. The van der Waals surface area contributed by atoms with E-state index in [1.165, 1.54) is 3.58 Å². The van der Waals surface area contributed by atoms with Gasteiger partial charge in [-0.1, -0.05) is 18.7 Å². The molecule has 0 heterocycles. The molecule has 0 fully saturated rings. The van der Waals surface area contributed by atoms with Crippen molar-refractivity contribution >= 4 is 30.4 Å². The molecule has 9 heteroatoms. The molecular formula is C18H29INO6P. The van der Waals surface area contributed by atoms with Gasteiger partial charge < -0.3 is 25.4 Å². The monoisotopic (exact) mass is 513 g/mol. The van der Waals surface area contributed by atoms with Crippen molar-refractivity contribution in [2.75, 3.05) is 19.8 Å². The first kappa shape index (κ1) is 24.6. The summed E-state index contributed by atoms with van der Waals surface area (Å²) < 4.78 is 22.1. The van der Waals surface area contributed by atoms with E-state index in [2.05, 4.69) is 33.7 Å². The molecule has 1 aromatic rings. The van der Waals surface area contributed by atoms with E-state index in [4.69, 9.17) is 20.3 Å². The summed E-state index contributed by atoms with van der Waals surface area (Å²) in [6.45, 7) is 3.70. The van der Waals surface area contributed by atoms with Crippen molar-refractivity contribution in [1.29, 1.82) is 0 Å². The van der Waals surface area contributed by atoms with Gasteiger partial charge in [-0.25, -0.2) is 4.57 Å². The van der Waals surface area contributed by atoms with E-state index in [1.54, 1.807) is 0 Å². The lowest BCUT2D eigenvalue weighted by Gasteiger charge is -2.27. The number of aryl methyl sites for hydroxylation is 1. The van der Waals surface area contributed by atoms with E-state index < -0.39 is 26.6 Å². The molecule has 1 rings (SSSR count). The fourth-order valence-electron chi connectivity index (χ4n) is 2.34. The van der Waals surface area contributed by atoms with E-state index in [9.17, 15) is 9.67 Å². The summed E-state index contributed by atoms with van der Waals surface area (Å²) in [4.78, 5) is 17.5. The van der Waals surface area contributed by atoms with Crippen LogP contribution in [0.5, 0.6) is 5.75 Å². The Balaban J connectivity index is 2.36. The van der Waals surface area contributed by atoms with Gasteiger partial charge in [-0.2, -0.15) is 0 Å². The van der Waals surface area contributed by atoms with Crippen molar-refractivity contribution in [3.05, 3.63) is 40.0 Å². The van der Waals surface area contributed by atoms with Crippen LogP contribution in [0.2, 0.25) is 0 Å². The Bertz CT molecular complexity index is 621. The van der Waals surface area contributed by atoms with Crippen LogP contribution in [-0.2, 0) is 15.5 Å². The van der Waals surface area contributed by atoms with Crippen LogP contribution >= 0.6 is 30.4 Å².